The van der Waals surface area contributed by atoms with Crippen molar-refractivity contribution >= 4 is 6.21 Å². The Morgan fingerprint density at radius 3 is 2.38 bits per heavy atom. The second-order valence-electron chi connectivity index (χ2n) is 3.53. The van der Waals surface area contributed by atoms with Gasteiger partial charge in [-0.1, -0.05) is 13.8 Å². The Balaban J connectivity index is 4.18. The molecular weight excluding hydrogens is 170 g/mol. The van der Waals surface area contributed by atoms with Crippen LogP contribution in [0.1, 0.15) is 13.8 Å². The van der Waals surface area contributed by atoms with Crippen molar-refractivity contribution in [3.05, 3.63) is 10.1 Å². The van der Waals surface area contributed by atoms with E-state index in [4.69, 9.17) is 0 Å². The summed E-state index contributed by atoms with van der Waals surface area (Å²) in [5, 5.41) is 15.9. The summed E-state index contributed by atoms with van der Waals surface area (Å²) in [6, 6.07) is 0. The maximum atomic E-state index is 10.3. The van der Waals surface area contributed by atoms with Crippen molar-refractivity contribution in [2.45, 2.75) is 13.8 Å². The minimum Gasteiger partial charge on any atom is -0.303 e. The van der Waals surface area contributed by atoms with E-state index in [0.717, 1.165) is 0 Å². The van der Waals surface area contributed by atoms with Gasteiger partial charge in [0.05, 0.1) is 5.92 Å². The van der Waals surface area contributed by atoms with E-state index in [-0.39, 0.29) is 23.3 Å². The molecule has 0 spiro atoms. The van der Waals surface area contributed by atoms with E-state index in [1.807, 2.05) is 13.8 Å². The van der Waals surface area contributed by atoms with Gasteiger partial charge in [0.1, 0.15) is 0 Å². The first-order valence-corrected chi connectivity index (χ1v) is 4.26. The second kappa shape index (κ2) is 5.50. The third-order valence-corrected chi connectivity index (χ3v) is 1.71. The van der Waals surface area contributed by atoms with Gasteiger partial charge in [-0.25, -0.2) is 0 Å². The summed E-state index contributed by atoms with van der Waals surface area (Å²) in [6.45, 7) is 3.86. The summed E-state index contributed by atoms with van der Waals surface area (Å²) in [7, 11) is 3.58. The molecule has 0 aliphatic rings. The van der Waals surface area contributed by atoms with Gasteiger partial charge in [-0.15, -0.1) is 0 Å². The Morgan fingerprint density at radius 1 is 1.54 bits per heavy atom. The lowest BCUT2D eigenvalue weighted by Crippen LogP contribution is -2.22. The van der Waals surface area contributed by atoms with Crippen molar-refractivity contribution in [2.24, 2.45) is 16.9 Å². The number of nitro groups is 1. The van der Waals surface area contributed by atoms with Crippen LogP contribution in [0.5, 0.6) is 0 Å². The summed E-state index contributed by atoms with van der Waals surface area (Å²) < 4.78 is 0. The van der Waals surface area contributed by atoms with E-state index in [2.05, 4.69) is 5.10 Å². The maximum Gasteiger partial charge on any atom is 0.211 e. The van der Waals surface area contributed by atoms with Crippen LogP contribution < -0.4 is 0 Å². The Bertz CT molecular complexity index is 190. The molecule has 0 heterocycles. The number of hydrogen-bond donors (Lipinski definition) is 0. The minimum atomic E-state index is -0.299. The fourth-order valence-corrected chi connectivity index (χ4v) is 0.821. The van der Waals surface area contributed by atoms with Crippen LogP contribution in [0.4, 0.5) is 0 Å². The monoisotopic (exact) mass is 187 g/mol. The third kappa shape index (κ3) is 6.07. The van der Waals surface area contributed by atoms with Gasteiger partial charge in [0.25, 0.3) is 0 Å². The molecule has 0 radical (unpaired) electrons. The molecule has 0 bridgehead atoms. The van der Waals surface area contributed by atoms with E-state index in [9.17, 15) is 10.1 Å². The van der Waals surface area contributed by atoms with Gasteiger partial charge >= 0.3 is 0 Å². The highest BCUT2D eigenvalue weighted by molar-refractivity contribution is 5.60. The van der Waals surface area contributed by atoms with E-state index in [1.165, 1.54) is 0 Å². The molecule has 1 atom stereocenters. The fraction of sp³-hybridized carbons (Fsp3) is 0.875. The van der Waals surface area contributed by atoms with Gasteiger partial charge in [0, 0.05) is 25.2 Å². The maximum absolute atomic E-state index is 10.3. The number of hydrazone groups is 1. The second-order valence-corrected chi connectivity index (χ2v) is 3.53. The molecule has 0 fully saturated rings. The zero-order valence-electron chi connectivity index (χ0n) is 8.60. The average Bonchev–Trinajstić information content (AvgIpc) is 1.96. The molecule has 0 amide bonds. The predicted molar refractivity (Wildman–Crippen MR) is 52.4 cm³/mol. The molecule has 76 valence electrons. The van der Waals surface area contributed by atoms with Gasteiger partial charge < -0.3 is 5.01 Å². The lowest BCUT2D eigenvalue weighted by Gasteiger charge is -2.12. The Morgan fingerprint density at radius 2 is 2.08 bits per heavy atom. The van der Waals surface area contributed by atoms with Gasteiger partial charge in [-0.3, -0.25) is 10.1 Å². The molecule has 1 unspecified atom stereocenters. The molecule has 0 saturated heterocycles. The van der Waals surface area contributed by atoms with Crippen LogP contribution in [0.25, 0.3) is 0 Å². The Kier molecular flexibility index (Phi) is 5.03. The first-order chi connectivity index (χ1) is 5.93. The van der Waals surface area contributed by atoms with Crippen LogP contribution in [0.15, 0.2) is 5.10 Å². The summed E-state index contributed by atoms with van der Waals surface area (Å²) in [4.78, 5) is 9.99. The summed E-state index contributed by atoms with van der Waals surface area (Å²) in [6.07, 6.45) is 1.65. The van der Waals surface area contributed by atoms with Crippen molar-refractivity contribution in [2.75, 3.05) is 20.6 Å². The molecular formula is C8H17N3O2. The standard InChI is InChI=1S/C8H17N3O2/c1-7(2)8(6-11(12)13)5-9-10(3)4/h5,7-8H,6H2,1-4H3/b9-5+. The highest BCUT2D eigenvalue weighted by Crippen LogP contribution is 2.08. The highest BCUT2D eigenvalue weighted by Gasteiger charge is 2.16. The SMILES string of the molecule is CC(C)C(/C=N/N(C)C)C[N+](=O)[O-]. The first kappa shape index (κ1) is 11.9. The largest absolute Gasteiger partial charge is 0.303 e. The molecule has 0 rings (SSSR count). The van der Waals surface area contributed by atoms with E-state index in [1.54, 1.807) is 25.3 Å². The van der Waals surface area contributed by atoms with Gasteiger partial charge in [0.2, 0.25) is 6.54 Å². The Labute approximate surface area is 78.6 Å². The van der Waals surface area contributed by atoms with Gasteiger partial charge in [0.15, 0.2) is 0 Å². The van der Waals surface area contributed by atoms with Crippen molar-refractivity contribution < 1.29 is 4.92 Å². The lowest BCUT2D eigenvalue weighted by molar-refractivity contribution is -0.485. The normalized spacial score (nSPS) is 13.6. The highest BCUT2D eigenvalue weighted by atomic mass is 16.6. The molecule has 13 heavy (non-hydrogen) atoms. The lowest BCUT2D eigenvalue weighted by atomic mass is 9.97. The van der Waals surface area contributed by atoms with Crippen LogP contribution in [0.3, 0.4) is 0 Å². The van der Waals surface area contributed by atoms with Crippen LogP contribution in [0, 0.1) is 22.0 Å². The molecule has 0 N–H and O–H groups in total. The van der Waals surface area contributed by atoms with Crippen LogP contribution in [-0.2, 0) is 0 Å². The molecule has 0 aromatic heterocycles. The smallest absolute Gasteiger partial charge is 0.211 e. The molecule has 5 nitrogen and oxygen atoms in total. The molecule has 5 heteroatoms. The third-order valence-electron chi connectivity index (χ3n) is 1.71. The molecule has 0 saturated carbocycles. The summed E-state index contributed by atoms with van der Waals surface area (Å²) in [5.41, 5.74) is 0. The van der Waals surface area contributed by atoms with Crippen LogP contribution >= 0.6 is 0 Å². The van der Waals surface area contributed by atoms with Crippen molar-refractivity contribution in [1.82, 2.24) is 5.01 Å². The average molecular weight is 187 g/mol. The van der Waals surface area contributed by atoms with Crippen molar-refractivity contribution in [3.63, 3.8) is 0 Å². The first-order valence-electron chi connectivity index (χ1n) is 4.26. The van der Waals surface area contributed by atoms with Crippen LogP contribution in [-0.4, -0.2) is 36.8 Å². The van der Waals surface area contributed by atoms with E-state index < -0.39 is 0 Å². The van der Waals surface area contributed by atoms with Crippen LogP contribution in [0.2, 0.25) is 0 Å². The zero-order chi connectivity index (χ0) is 10.4. The molecule has 0 aliphatic carbocycles. The van der Waals surface area contributed by atoms with E-state index in [0.29, 0.717) is 0 Å². The number of nitrogens with zero attached hydrogens (tertiary/aromatic N) is 3. The Hall–Kier alpha value is -1.13. The minimum absolute atomic E-state index is 0.0466. The molecule has 0 aromatic carbocycles. The predicted octanol–water partition coefficient (Wildman–Crippen LogP) is 1.08. The quantitative estimate of drug-likeness (QED) is 0.367. The van der Waals surface area contributed by atoms with Crippen molar-refractivity contribution in [1.29, 1.82) is 0 Å². The zero-order valence-corrected chi connectivity index (χ0v) is 8.60. The summed E-state index contributed by atoms with van der Waals surface area (Å²) >= 11 is 0. The topological polar surface area (TPSA) is 58.7 Å². The molecule has 0 aromatic rings. The van der Waals surface area contributed by atoms with Gasteiger partial charge in [-0.2, -0.15) is 5.10 Å². The number of hydrogen-bond acceptors (Lipinski definition) is 4. The van der Waals surface area contributed by atoms with E-state index >= 15 is 0 Å². The molecule has 0 aliphatic heterocycles. The summed E-state index contributed by atoms with van der Waals surface area (Å²) in [5.74, 6) is 0.159. The van der Waals surface area contributed by atoms with Crippen molar-refractivity contribution in [3.8, 4) is 0 Å². The van der Waals surface area contributed by atoms with Gasteiger partial charge in [-0.05, 0) is 5.92 Å². The number of rotatable bonds is 5. The fourth-order valence-electron chi connectivity index (χ4n) is 0.821.